The topological polar surface area (TPSA) is 14.2 Å². The van der Waals surface area contributed by atoms with Crippen LogP contribution in [0.2, 0.25) is 5.02 Å². The summed E-state index contributed by atoms with van der Waals surface area (Å²) in [6.07, 6.45) is 0. The molecule has 0 saturated carbocycles. The van der Waals surface area contributed by atoms with Gasteiger partial charge >= 0.3 is 0 Å². The van der Waals surface area contributed by atoms with Crippen LogP contribution in [0, 0.1) is 5.82 Å². The van der Waals surface area contributed by atoms with Crippen LogP contribution in [0.3, 0.4) is 0 Å². The summed E-state index contributed by atoms with van der Waals surface area (Å²) in [5, 5.41) is 1.78. The number of nitrogens with zero attached hydrogens (tertiary/aromatic N) is 1. The van der Waals surface area contributed by atoms with Gasteiger partial charge in [0.15, 0.2) is 11.6 Å². The Labute approximate surface area is 127 Å². The van der Waals surface area contributed by atoms with Crippen LogP contribution in [0.5, 0.6) is 5.75 Å². The molecule has 0 saturated heterocycles. The lowest BCUT2D eigenvalue weighted by atomic mass is 10.2. The Morgan fingerprint density at radius 2 is 1.95 bits per heavy atom. The second-order valence-electron chi connectivity index (χ2n) is 4.78. The van der Waals surface area contributed by atoms with E-state index in [0.717, 1.165) is 23.1 Å². The summed E-state index contributed by atoms with van der Waals surface area (Å²) in [5.74, 6) is -0.0915. The fraction of sp³-hybridized carbons (Fsp3) is 0.176. The van der Waals surface area contributed by atoms with E-state index in [1.165, 1.54) is 6.07 Å². The zero-order valence-corrected chi connectivity index (χ0v) is 12.4. The van der Waals surface area contributed by atoms with E-state index in [9.17, 15) is 4.39 Å². The molecule has 0 aliphatic heterocycles. The summed E-state index contributed by atoms with van der Waals surface area (Å²) < 4.78 is 21.3. The van der Waals surface area contributed by atoms with Gasteiger partial charge in [-0.05, 0) is 31.2 Å². The summed E-state index contributed by atoms with van der Waals surface area (Å²) in [6.45, 7) is 3.14. The van der Waals surface area contributed by atoms with Crippen LogP contribution in [-0.4, -0.2) is 4.57 Å². The van der Waals surface area contributed by atoms with Crippen LogP contribution in [0.15, 0.2) is 48.5 Å². The third-order valence-electron chi connectivity index (χ3n) is 3.49. The van der Waals surface area contributed by atoms with Crippen LogP contribution >= 0.6 is 11.6 Å². The van der Waals surface area contributed by atoms with Gasteiger partial charge in [0, 0.05) is 11.9 Å². The van der Waals surface area contributed by atoms with Gasteiger partial charge in [-0.1, -0.05) is 35.9 Å². The highest BCUT2D eigenvalue weighted by Gasteiger charge is 2.11. The smallest absolute Gasteiger partial charge is 0.165 e. The Balaban J connectivity index is 1.94. The van der Waals surface area contributed by atoms with E-state index in [2.05, 4.69) is 11.5 Å². The Hall–Kier alpha value is -2.00. The molecule has 0 amide bonds. The first-order chi connectivity index (χ1) is 10.2. The summed E-state index contributed by atoms with van der Waals surface area (Å²) in [5.41, 5.74) is 1.97. The van der Waals surface area contributed by atoms with Gasteiger partial charge in [-0.15, -0.1) is 0 Å². The third-order valence-corrected chi connectivity index (χ3v) is 3.79. The van der Waals surface area contributed by atoms with Gasteiger partial charge in [0.2, 0.25) is 0 Å². The molecule has 2 aromatic carbocycles. The zero-order valence-electron chi connectivity index (χ0n) is 11.6. The molecule has 0 N–H and O–H groups in total. The first-order valence-corrected chi connectivity index (χ1v) is 7.22. The van der Waals surface area contributed by atoms with Crippen LogP contribution < -0.4 is 4.74 Å². The summed E-state index contributed by atoms with van der Waals surface area (Å²) in [7, 11) is 0. The van der Waals surface area contributed by atoms with E-state index in [1.807, 2.05) is 24.3 Å². The lowest BCUT2D eigenvalue weighted by Gasteiger charge is -2.10. The van der Waals surface area contributed by atoms with Gasteiger partial charge in [-0.25, -0.2) is 4.39 Å². The molecule has 0 radical (unpaired) electrons. The van der Waals surface area contributed by atoms with Gasteiger partial charge in [-0.3, -0.25) is 0 Å². The molecule has 0 atom stereocenters. The highest BCUT2D eigenvalue weighted by molar-refractivity contribution is 6.35. The molecule has 108 valence electrons. The van der Waals surface area contributed by atoms with Crippen molar-refractivity contribution < 1.29 is 9.13 Å². The van der Waals surface area contributed by atoms with Gasteiger partial charge < -0.3 is 9.30 Å². The normalized spacial score (nSPS) is 11.0. The maximum absolute atomic E-state index is 13.6. The fourth-order valence-electron chi connectivity index (χ4n) is 2.53. The van der Waals surface area contributed by atoms with Crippen molar-refractivity contribution in [1.82, 2.24) is 4.57 Å². The summed E-state index contributed by atoms with van der Waals surface area (Å²) in [6, 6.07) is 14.3. The van der Waals surface area contributed by atoms with Gasteiger partial charge in [0.25, 0.3) is 0 Å². The maximum Gasteiger partial charge on any atom is 0.165 e. The quantitative estimate of drug-likeness (QED) is 0.659. The average Bonchev–Trinajstić information content (AvgIpc) is 2.85. The first kappa shape index (κ1) is 14.0. The molecule has 3 aromatic rings. The minimum absolute atomic E-state index is 0.261. The highest BCUT2D eigenvalue weighted by Crippen LogP contribution is 2.28. The Morgan fingerprint density at radius 1 is 1.14 bits per heavy atom. The van der Waals surface area contributed by atoms with E-state index < -0.39 is 0 Å². The second-order valence-corrected chi connectivity index (χ2v) is 5.18. The van der Waals surface area contributed by atoms with Crippen molar-refractivity contribution in [2.45, 2.75) is 20.1 Å². The van der Waals surface area contributed by atoms with Crippen molar-refractivity contribution in [3.8, 4) is 5.75 Å². The van der Waals surface area contributed by atoms with Crippen LogP contribution in [0.25, 0.3) is 10.9 Å². The lowest BCUT2D eigenvalue weighted by molar-refractivity contribution is 0.281. The van der Waals surface area contributed by atoms with Gasteiger partial charge in [0.1, 0.15) is 6.61 Å². The Bertz CT molecular complexity index is 782. The van der Waals surface area contributed by atoms with Crippen molar-refractivity contribution in [3.05, 3.63) is 65.1 Å². The average molecular weight is 304 g/mol. The number of hydrogen-bond donors (Lipinski definition) is 0. The zero-order chi connectivity index (χ0) is 14.8. The lowest BCUT2D eigenvalue weighted by Crippen LogP contribution is -2.05. The summed E-state index contributed by atoms with van der Waals surface area (Å²) >= 11 is 6.28. The monoisotopic (exact) mass is 303 g/mol. The third kappa shape index (κ3) is 2.61. The number of fused-ring (bicyclic) bond motifs is 1. The minimum atomic E-state index is -0.352. The van der Waals surface area contributed by atoms with E-state index in [-0.39, 0.29) is 11.6 Å². The molecule has 0 unspecified atom stereocenters. The molecule has 1 heterocycles. The number of rotatable bonds is 4. The number of aromatic nitrogens is 1. The Morgan fingerprint density at radius 3 is 2.71 bits per heavy atom. The largest absolute Gasteiger partial charge is 0.484 e. The second kappa shape index (κ2) is 5.78. The SMILES string of the molecule is CCn1c(COc2ccccc2F)cc2cccc(Cl)c21. The van der Waals surface area contributed by atoms with Crippen LogP contribution in [-0.2, 0) is 13.2 Å². The molecule has 4 heteroatoms. The van der Waals surface area contributed by atoms with Crippen molar-refractivity contribution in [1.29, 1.82) is 0 Å². The van der Waals surface area contributed by atoms with Crippen molar-refractivity contribution >= 4 is 22.5 Å². The highest BCUT2D eigenvalue weighted by atomic mass is 35.5. The molecule has 2 nitrogen and oxygen atoms in total. The number of benzene rings is 2. The van der Waals surface area contributed by atoms with Crippen LogP contribution in [0.4, 0.5) is 4.39 Å². The number of ether oxygens (including phenoxy) is 1. The van der Waals surface area contributed by atoms with E-state index in [0.29, 0.717) is 11.6 Å². The van der Waals surface area contributed by atoms with E-state index in [1.54, 1.807) is 18.2 Å². The predicted octanol–water partition coefficient (Wildman–Crippen LogP) is 5.03. The number of para-hydroxylation sites is 2. The van der Waals surface area contributed by atoms with Gasteiger partial charge in [0.05, 0.1) is 16.2 Å². The fourth-order valence-corrected chi connectivity index (χ4v) is 2.81. The van der Waals surface area contributed by atoms with Crippen molar-refractivity contribution in [2.24, 2.45) is 0 Å². The summed E-state index contributed by atoms with van der Waals surface area (Å²) in [4.78, 5) is 0. The molecule has 0 aliphatic rings. The van der Waals surface area contributed by atoms with Gasteiger partial charge in [-0.2, -0.15) is 0 Å². The number of halogens is 2. The predicted molar refractivity (Wildman–Crippen MR) is 83.4 cm³/mol. The van der Waals surface area contributed by atoms with E-state index in [4.69, 9.17) is 16.3 Å². The van der Waals surface area contributed by atoms with Crippen molar-refractivity contribution in [3.63, 3.8) is 0 Å². The molecule has 0 fully saturated rings. The molecular weight excluding hydrogens is 289 g/mol. The molecular formula is C17H15ClFNO. The molecule has 3 rings (SSSR count). The first-order valence-electron chi connectivity index (χ1n) is 6.84. The minimum Gasteiger partial charge on any atom is -0.484 e. The molecule has 0 aliphatic carbocycles. The molecule has 0 spiro atoms. The van der Waals surface area contributed by atoms with Crippen LogP contribution in [0.1, 0.15) is 12.6 Å². The van der Waals surface area contributed by atoms with E-state index >= 15 is 0 Å². The molecule has 21 heavy (non-hydrogen) atoms. The molecule has 0 bridgehead atoms. The Kier molecular flexibility index (Phi) is 3.84. The standard InChI is InChI=1S/C17H15ClFNO/c1-2-20-13(10-12-6-5-7-14(18)17(12)20)11-21-16-9-4-3-8-15(16)19/h3-10H,2,11H2,1H3. The van der Waals surface area contributed by atoms with Crippen molar-refractivity contribution in [2.75, 3.05) is 0 Å². The number of hydrogen-bond acceptors (Lipinski definition) is 1. The molecule has 1 aromatic heterocycles. The number of aryl methyl sites for hydroxylation is 1. The maximum atomic E-state index is 13.6.